The van der Waals surface area contributed by atoms with E-state index in [1.165, 1.54) is 12.8 Å². The van der Waals surface area contributed by atoms with E-state index in [2.05, 4.69) is 41.3 Å². The third-order valence-electron chi connectivity index (χ3n) is 3.76. The van der Waals surface area contributed by atoms with Gasteiger partial charge in [-0.15, -0.1) is 24.0 Å². The second kappa shape index (κ2) is 13.4. The van der Waals surface area contributed by atoms with E-state index in [4.69, 9.17) is 4.74 Å². The molecule has 22 heavy (non-hydrogen) atoms. The first-order chi connectivity index (χ1) is 10.2. The van der Waals surface area contributed by atoms with Gasteiger partial charge in [-0.3, -0.25) is 9.89 Å². The lowest BCUT2D eigenvalue weighted by molar-refractivity contribution is 0.128. The van der Waals surface area contributed by atoms with Gasteiger partial charge in [-0.1, -0.05) is 20.8 Å². The zero-order valence-corrected chi connectivity index (χ0v) is 17.1. The summed E-state index contributed by atoms with van der Waals surface area (Å²) >= 11 is 0. The Morgan fingerprint density at radius 3 is 2.45 bits per heavy atom. The minimum absolute atomic E-state index is 0. The zero-order chi connectivity index (χ0) is 15.5. The molecule has 0 unspecified atom stereocenters. The molecule has 0 saturated heterocycles. The molecule has 0 aromatic heterocycles. The lowest BCUT2D eigenvalue weighted by Gasteiger charge is -2.20. The fourth-order valence-electron chi connectivity index (χ4n) is 2.24. The maximum absolute atomic E-state index is 5.59. The molecule has 1 aliphatic carbocycles. The molecule has 1 aliphatic rings. The Hall–Kier alpha value is -0.0800. The van der Waals surface area contributed by atoms with Gasteiger partial charge in [0.05, 0.1) is 6.61 Å². The molecule has 0 aliphatic heterocycles. The lowest BCUT2D eigenvalue weighted by atomic mass is 10.1. The third kappa shape index (κ3) is 10.6. The van der Waals surface area contributed by atoms with Crippen LogP contribution in [0, 0.1) is 5.92 Å². The molecule has 1 fully saturated rings. The van der Waals surface area contributed by atoms with Gasteiger partial charge in [0.15, 0.2) is 5.96 Å². The minimum atomic E-state index is 0. The van der Waals surface area contributed by atoms with Crippen molar-refractivity contribution < 1.29 is 4.74 Å². The van der Waals surface area contributed by atoms with Crippen LogP contribution in [0.5, 0.6) is 0 Å². The van der Waals surface area contributed by atoms with Crippen LogP contribution < -0.4 is 10.6 Å². The third-order valence-corrected chi connectivity index (χ3v) is 3.76. The average Bonchev–Trinajstić information content (AvgIpc) is 3.29. The van der Waals surface area contributed by atoms with Crippen LogP contribution in [-0.2, 0) is 4.74 Å². The first-order valence-corrected chi connectivity index (χ1v) is 8.43. The Kier molecular flexibility index (Phi) is 13.3. The van der Waals surface area contributed by atoms with E-state index in [-0.39, 0.29) is 24.0 Å². The summed E-state index contributed by atoms with van der Waals surface area (Å²) in [5.41, 5.74) is 0. The topological polar surface area (TPSA) is 48.9 Å². The Balaban J connectivity index is 0.00000441. The minimum Gasteiger partial charge on any atom is -0.380 e. The van der Waals surface area contributed by atoms with Crippen LogP contribution in [0.15, 0.2) is 4.99 Å². The van der Waals surface area contributed by atoms with Crippen LogP contribution in [0.2, 0.25) is 0 Å². The molecule has 5 nitrogen and oxygen atoms in total. The highest BCUT2D eigenvalue weighted by Gasteiger charge is 2.27. The smallest absolute Gasteiger partial charge is 0.191 e. The van der Waals surface area contributed by atoms with Gasteiger partial charge < -0.3 is 15.4 Å². The van der Waals surface area contributed by atoms with Crippen molar-refractivity contribution in [3.8, 4) is 0 Å². The molecule has 0 heterocycles. The highest BCUT2D eigenvalue weighted by Crippen LogP contribution is 2.25. The lowest BCUT2D eigenvalue weighted by Crippen LogP contribution is -2.43. The molecule has 0 aromatic rings. The average molecular weight is 426 g/mol. The van der Waals surface area contributed by atoms with E-state index < -0.39 is 0 Å². The normalized spacial score (nSPS) is 15.1. The van der Waals surface area contributed by atoms with Crippen molar-refractivity contribution in [1.82, 2.24) is 15.5 Å². The number of nitrogens with one attached hydrogen (secondary N) is 2. The van der Waals surface area contributed by atoms with Gasteiger partial charge in [-0.2, -0.15) is 0 Å². The van der Waals surface area contributed by atoms with Crippen LogP contribution in [-0.4, -0.2) is 63.3 Å². The zero-order valence-electron chi connectivity index (χ0n) is 14.7. The summed E-state index contributed by atoms with van der Waals surface area (Å²) in [6.07, 6.45) is 3.87. The van der Waals surface area contributed by atoms with Gasteiger partial charge in [-0.05, 0) is 31.7 Å². The number of hydrogen-bond donors (Lipinski definition) is 2. The highest BCUT2D eigenvalue weighted by molar-refractivity contribution is 14.0. The Bertz CT molecular complexity index is 296. The molecule has 0 atom stereocenters. The predicted molar refractivity (Wildman–Crippen MR) is 105 cm³/mol. The summed E-state index contributed by atoms with van der Waals surface area (Å²) in [7, 11) is 1.81. The molecule has 1 saturated carbocycles. The number of aliphatic imine (C=N–C) groups is 1. The van der Waals surface area contributed by atoms with Crippen molar-refractivity contribution in [1.29, 1.82) is 0 Å². The highest BCUT2D eigenvalue weighted by atomic mass is 127. The van der Waals surface area contributed by atoms with Gasteiger partial charge in [0.1, 0.15) is 0 Å². The molecule has 0 bridgehead atoms. The summed E-state index contributed by atoms with van der Waals surface area (Å²) in [6, 6.07) is 0.834. The van der Waals surface area contributed by atoms with Crippen LogP contribution in [0.3, 0.4) is 0 Å². The van der Waals surface area contributed by atoms with Gasteiger partial charge in [0.2, 0.25) is 0 Å². The Labute approximate surface area is 153 Å². The summed E-state index contributed by atoms with van der Waals surface area (Å²) < 4.78 is 5.59. The van der Waals surface area contributed by atoms with Gasteiger partial charge in [0, 0.05) is 39.3 Å². The fraction of sp³-hybridized carbons (Fsp3) is 0.938. The summed E-state index contributed by atoms with van der Waals surface area (Å²) in [6.45, 7) is 12.2. The molecule has 2 N–H and O–H groups in total. The van der Waals surface area contributed by atoms with Gasteiger partial charge in [0.25, 0.3) is 0 Å². The SMILES string of the molecule is CCN(CCNC(=NC)NCCOCCC(C)C)C1CC1.I. The number of nitrogens with zero attached hydrogens (tertiary/aromatic N) is 2. The molecule has 132 valence electrons. The van der Waals surface area contributed by atoms with E-state index in [1.54, 1.807) is 0 Å². The second-order valence-corrected chi connectivity index (χ2v) is 6.08. The monoisotopic (exact) mass is 426 g/mol. The van der Waals surface area contributed by atoms with E-state index in [9.17, 15) is 0 Å². The number of guanidine groups is 1. The maximum Gasteiger partial charge on any atom is 0.191 e. The van der Waals surface area contributed by atoms with Crippen molar-refractivity contribution in [3.63, 3.8) is 0 Å². The van der Waals surface area contributed by atoms with Crippen molar-refractivity contribution in [3.05, 3.63) is 0 Å². The first-order valence-electron chi connectivity index (χ1n) is 8.43. The molecular weight excluding hydrogens is 391 g/mol. The predicted octanol–water partition coefficient (Wildman–Crippen LogP) is 2.32. The van der Waals surface area contributed by atoms with Crippen LogP contribution in [0.25, 0.3) is 0 Å². The van der Waals surface area contributed by atoms with Crippen molar-refractivity contribution in [2.75, 3.05) is 46.4 Å². The Morgan fingerprint density at radius 2 is 1.91 bits per heavy atom. The van der Waals surface area contributed by atoms with Crippen LogP contribution in [0.4, 0.5) is 0 Å². The fourth-order valence-corrected chi connectivity index (χ4v) is 2.24. The first kappa shape index (κ1) is 21.9. The summed E-state index contributed by atoms with van der Waals surface area (Å²) in [4.78, 5) is 6.77. The number of likely N-dealkylation sites (N-methyl/N-ethyl adjacent to an activating group) is 1. The summed E-state index contributed by atoms with van der Waals surface area (Å²) in [5, 5.41) is 6.66. The standard InChI is InChI=1S/C16H34N4O.HI/c1-5-20(15-6-7-15)11-9-18-16(17-4)19-10-13-21-12-8-14(2)3;/h14-15H,5-13H2,1-4H3,(H2,17,18,19);1H. The summed E-state index contributed by atoms with van der Waals surface area (Å²) in [5.74, 6) is 1.58. The number of halogens is 1. The molecule has 6 heteroatoms. The number of hydrogen-bond acceptors (Lipinski definition) is 3. The quantitative estimate of drug-likeness (QED) is 0.231. The molecular formula is C16H35IN4O. The van der Waals surface area contributed by atoms with Crippen molar-refractivity contribution >= 4 is 29.9 Å². The molecule has 0 spiro atoms. The van der Waals surface area contributed by atoms with E-state index >= 15 is 0 Å². The van der Waals surface area contributed by atoms with Crippen LogP contribution in [0.1, 0.15) is 40.0 Å². The molecule has 0 amide bonds. The van der Waals surface area contributed by atoms with E-state index in [1.807, 2.05) is 7.05 Å². The molecule has 1 rings (SSSR count). The van der Waals surface area contributed by atoms with E-state index in [0.717, 1.165) is 57.8 Å². The van der Waals surface area contributed by atoms with E-state index in [0.29, 0.717) is 5.92 Å². The second-order valence-electron chi connectivity index (χ2n) is 6.08. The number of rotatable bonds is 11. The maximum atomic E-state index is 5.59. The van der Waals surface area contributed by atoms with Gasteiger partial charge in [-0.25, -0.2) is 0 Å². The van der Waals surface area contributed by atoms with Crippen molar-refractivity contribution in [2.45, 2.75) is 46.1 Å². The van der Waals surface area contributed by atoms with Crippen molar-refractivity contribution in [2.24, 2.45) is 10.9 Å². The molecule has 0 aromatic carbocycles. The van der Waals surface area contributed by atoms with Gasteiger partial charge >= 0.3 is 0 Å². The van der Waals surface area contributed by atoms with Crippen LogP contribution >= 0.6 is 24.0 Å². The molecule has 0 radical (unpaired) electrons. The Morgan fingerprint density at radius 1 is 1.23 bits per heavy atom. The number of ether oxygens (including phenoxy) is 1. The largest absolute Gasteiger partial charge is 0.380 e.